The van der Waals surface area contributed by atoms with Gasteiger partial charge < -0.3 is 20.1 Å². The molecule has 0 aliphatic heterocycles. The van der Waals surface area contributed by atoms with Gasteiger partial charge >= 0.3 is 0 Å². The first-order valence-corrected chi connectivity index (χ1v) is 6.12. The number of carbonyl (C=O) groups is 1. The van der Waals surface area contributed by atoms with Crippen molar-refractivity contribution < 1.29 is 24.9 Å². The van der Waals surface area contributed by atoms with Crippen LogP contribution in [0.3, 0.4) is 0 Å². The molecule has 3 N–H and O–H groups in total. The van der Waals surface area contributed by atoms with Crippen molar-refractivity contribution in [2.45, 2.75) is 0 Å². The third kappa shape index (κ3) is 3.33. The summed E-state index contributed by atoms with van der Waals surface area (Å²) in [6.07, 6.45) is 2.80. The fourth-order valence-corrected chi connectivity index (χ4v) is 1.82. The van der Waals surface area contributed by atoms with E-state index in [1.54, 1.807) is 6.07 Å². The van der Waals surface area contributed by atoms with Gasteiger partial charge in [0.1, 0.15) is 23.0 Å². The van der Waals surface area contributed by atoms with Crippen molar-refractivity contribution in [3.05, 3.63) is 53.6 Å². The summed E-state index contributed by atoms with van der Waals surface area (Å²) < 4.78 is 5.10. The highest BCUT2D eigenvalue weighted by atomic mass is 16.5. The molecule has 0 aromatic heterocycles. The zero-order valence-electron chi connectivity index (χ0n) is 11.3. The number of rotatable bonds is 4. The molecule has 0 heterocycles. The maximum atomic E-state index is 12.0. The fourth-order valence-electron chi connectivity index (χ4n) is 1.82. The summed E-state index contributed by atoms with van der Waals surface area (Å²) in [5.74, 6) is -0.335. The van der Waals surface area contributed by atoms with E-state index >= 15 is 0 Å². The minimum Gasteiger partial charge on any atom is -0.508 e. The lowest BCUT2D eigenvalue weighted by atomic mass is 10.1. The van der Waals surface area contributed by atoms with Crippen LogP contribution in [-0.4, -0.2) is 28.2 Å². The Hall–Kier alpha value is -2.95. The number of carbonyl (C=O) groups excluding carboxylic acids is 1. The van der Waals surface area contributed by atoms with E-state index in [2.05, 4.69) is 0 Å². The van der Waals surface area contributed by atoms with Gasteiger partial charge in [-0.2, -0.15) is 0 Å². The summed E-state index contributed by atoms with van der Waals surface area (Å²) in [5.41, 5.74) is 0.698. The Bertz CT molecular complexity index is 704. The quantitative estimate of drug-likeness (QED) is 0.594. The average Bonchev–Trinajstić information content (AvgIpc) is 2.45. The SMILES string of the molecule is COc1cc(O)ccc1C=CC(=O)c1ccc(O)cc1O. The van der Waals surface area contributed by atoms with Gasteiger partial charge in [0.2, 0.25) is 0 Å². The molecular weight excluding hydrogens is 272 g/mol. The van der Waals surface area contributed by atoms with Crippen LogP contribution in [0.2, 0.25) is 0 Å². The molecule has 108 valence electrons. The van der Waals surface area contributed by atoms with Crippen molar-refractivity contribution in [3.63, 3.8) is 0 Å². The van der Waals surface area contributed by atoms with Gasteiger partial charge in [-0.1, -0.05) is 0 Å². The van der Waals surface area contributed by atoms with Crippen LogP contribution in [0.1, 0.15) is 15.9 Å². The molecule has 0 atom stereocenters. The molecule has 2 aromatic rings. The lowest BCUT2D eigenvalue weighted by Gasteiger charge is -2.05. The third-order valence-electron chi connectivity index (χ3n) is 2.88. The van der Waals surface area contributed by atoms with E-state index in [1.807, 2.05) is 0 Å². The van der Waals surface area contributed by atoms with Gasteiger partial charge in [-0.05, 0) is 36.4 Å². The van der Waals surface area contributed by atoms with E-state index < -0.39 is 5.78 Å². The molecule has 0 aliphatic rings. The standard InChI is InChI=1S/C16H14O5/c1-21-16-9-12(18)4-2-10(16)3-7-14(19)13-6-5-11(17)8-15(13)20/h2-9,17-18,20H,1H3. The number of phenolic OH excluding ortho intramolecular Hbond substituents is 3. The van der Waals surface area contributed by atoms with Gasteiger partial charge in [0.15, 0.2) is 5.78 Å². The molecule has 2 aromatic carbocycles. The summed E-state index contributed by atoms with van der Waals surface area (Å²) in [5, 5.41) is 28.2. The maximum absolute atomic E-state index is 12.0. The Labute approximate surface area is 121 Å². The monoisotopic (exact) mass is 286 g/mol. The second kappa shape index (κ2) is 6.00. The average molecular weight is 286 g/mol. The van der Waals surface area contributed by atoms with Crippen LogP contribution in [0.5, 0.6) is 23.0 Å². The van der Waals surface area contributed by atoms with Crippen molar-refractivity contribution in [3.8, 4) is 23.0 Å². The molecule has 0 unspecified atom stereocenters. The number of hydrogen-bond acceptors (Lipinski definition) is 5. The molecule has 0 amide bonds. The first-order chi connectivity index (χ1) is 10.0. The van der Waals surface area contributed by atoms with E-state index in [1.165, 1.54) is 43.5 Å². The van der Waals surface area contributed by atoms with Crippen LogP contribution >= 0.6 is 0 Å². The minimum atomic E-state index is -0.414. The van der Waals surface area contributed by atoms with Crippen molar-refractivity contribution in [1.82, 2.24) is 0 Å². The van der Waals surface area contributed by atoms with E-state index in [9.17, 15) is 20.1 Å². The molecule has 5 heteroatoms. The highest BCUT2D eigenvalue weighted by molar-refractivity contribution is 6.08. The number of methoxy groups -OCH3 is 1. The predicted molar refractivity (Wildman–Crippen MR) is 77.8 cm³/mol. The number of benzene rings is 2. The summed E-state index contributed by atoms with van der Waals surface area (Å²) >= 11 is 0. The smallest absolute Gasteiger partial charge is 0.189 e. The Balaban J connectivity index is 2.27. The van der Waals surface area contributed by atoms with E-state index in [0.717, 1.165) is 6.07 Å². The summed E-state index contributed by atoms with van der Waals surface area (Å²) in [4.78, 5) is 12.0. The predicted octanol–water partition coefficient (Wildman–Crippen LogP) is 2.71. The van der Waals surface area contributed by atoms with Crippen LogP contribution in [0.15, 0.2) is 42.5 Å². The molecular formula is C16H14O5. The van der Waals surface area contributed by atoms with E-state index in [4.69, 9.17) is 4.74 Å². The topological polar surface area (TPSA) is 87.0 Å². The van der Waals surface area contributed by atoms with Gasteiger partial charge in [0.25, 0.3) is 0 Å². The third-order valence-corrected chi connectivity index (χ3v) is 2.88. The second-order valence-electron chi connectivity index (χ2n) is 4.33. The second-order valence-corrected chi connectivity index (χ2v) is 4.33. The molecule has 0 fully saturated rings. The zero-order valence-corrected chi connectivity index (χ0v) is 11.3. The Morgan fingerprint density at radius 3 is 2.38 bits per heavy atom. The molecule has 0 radical (unpaired) electrons. The lowest BCUT2D eigenvalue weighted by molar-refractivity contribution is 0.104. The van der Waals surface area contributed by atoms with E-state index in [-0.39, 0.29) is 22.8 Å². The van der Waals surface area contributed by atoms with Crippen LogP contribution in [0.25, 0.3) is 6.08 Å². The number of ether oxygens (including phenoxy) is 1. The fraction of sp³-hybridized carbons (Fsp3) is 0.0625. The molecule has 0 bridgehead atoms. The first-order valence-electron chi connectivity index (χ1n) is 6.12. The molecule has 0 spiro atoms. The van der Waals surface area contributed by atoms with Crippen molar-refractivity contribution in [1.29, 1.82) is 0 Å². The normalized spacial score (nSPS) is 10.7. The number of phenols is 3. The molecule has 2 rings (SSSR count). The highest BCUT2D eigenvalue weighted by Crippen LogP contribution is 2.26. The van der Waals surface area contributed by atoms with Gasteiger partial charge in [-0.15, -0.1) is 0 Å². The minimum absolute atomic E-state index is 0.0616. The molecule has 21 heavy (non-hydrogen) atoms. The number of allylic oxidation sites excluding steroid dienone is 1. The van der Waals surface area contributed by atoms with E-state index in [0.29, 0.717) is 11.3 Å². The number of ketones is 1. The zero-order chi connectivity index (χ0) is 15.4. The Morgan fingerprint density at radius 1 is 1.05 bits per heavy atom. The van der Waals surface area contributed by atoms with Crippen molar-refractivity contribution >= 4 is 11.9 Å². The molecule has 0 saturated carbocycles. The van der Waals surface area contributed by atoms with Crippen LogP contribution in [-0.2, 0) is 0 Å². The van der Waals surface area contributed by atoms with Gasteiger partial charge in [-0.3, -0.25) is 4.79 Å². The molecule has 5 nitrogen and oxygen atoms in total. The first kappa shape index (κ1) is 14.5. The van der Waals surface area contributed by atoms with Gasteiger partial charge in [-0.25, -0.2) is 0 Å². The van der Waals surface area contributed by atoms with Crippen molar-refractivity contribution in [2.75, 3.05) is 7.11 Å². The van der Waals surface area contributed by atoms with Crippen LogP contribution < -0.4 is 4.74 Å². The van der Waals surface area contributed by atoms with Gasteiger partial charge in [0.05, 0.1) is 12.7 Å². The Kier molecular flexibility index (Phi) is 4.13. The Morgan fingerprint density at radius 2 is 1.71 bits per heavy atom. The molecule has 0 aliphatic carbocycles. The summed E-state index contributed by atoms with van der Waals surface area (Å²) in [6, 6.07) is 8.27. The number of aromatic hydroxyl groups is 3. The summed E-state index contributed by atoms with van der Waals surface area (Å²) in [7, 11) is 1.46. The number of hydrogen-bond donors (Lipinski definition) is 3. The maximum Gasteiger partial charge on any atom is 0.189 e. The van der Waals surface area contributed by atoms with Crippen LogP contribution in [0.4, 0.5) is 0 Å². The lowest BCUT2D eigenvalue weighted by Crippen LogP contribution is -1.95. The molecule has 0 saturated heterocycles. The highest BCUT2D eigenvalue weighted by Gasteiger charge is 2.09. The van der Waals surface area contributed by atoms with Crippen molar-refractivity contribution in [2.24, 2.45) is 0 Å². The van der Waals surface area contributed by atoms with Crippen LogP contribution in [0, 0.1) is 0 Å². The summed E-state index contributed by atoms with van der Waals surface area (Å²) in [6.45, 7) is 0. The van der Waals surface area contributed by atoms with Gasteiger partial charge in [0, 0.05) is 17.7 Å². The largest absolute Gasteiger partial charge is 0.508 e.